The Morgan fingerprint density at radius 2 is 1.76 bits per heavy atom. The zero-order chi connectivity index (χ0) is 18.2. The molecule has 2 aromatic rings. The van der Waals surface area contributed by atoms with Gasteiger partial charge in [-0.25, -0.2) is 0 Å². The molecule has 0 aliphatic carbocycles. The number of hydrogen-bond donors (Lipinski definition) is 1. The molecule has 134 valence electrons. The first-order valence-electron chi connectivity index (χ1n) is 8.63. The van der Waals surface area contributed by atoms with Gasteiger partial charge in [-0.05, 0) is 62.6 Å². The fraction of sp³-hybridized carbons (Fsp3) is 0.381. The Balaban J connectivity index is 1.72. The third-order valence-electron chi connectivity index (χ3n) is 4.15. The molecule has 0 unspecified atom stereocenters. The second-order valence-electron chi connectivity index (χ2n) is 6.28. The lowest BCUT2D eigenvalue weighted by Gasteiger charge is -2.17. The first kappa shape index (κ1) is 18.8. The predicted molar refractivity (Wildman–Crippen MR) is 100 cm³/mol. The highest BCUT2D eigenvalue weighted by Gasteiger charge is 2.11. The van der Waals surface area contributed by atoms with Crippen molar-refractivity contribution in [3.8, 4) is 11.5 Å². The second-order valence-corrected chi connectivity index (χ2v) is 6.28. The van der Waals surface area contributed by atoms with Crippen LogP contribution >= 0.6 is 0 Å². The van der Waals surface area contributed by atoms with Crippen molar-refractivity contribution in [1.82, 2.24) is 5.32 Å². The van der Waals surface area contributed by atoms with Gasteiger partial charge in [-0.2, -0.15) is 0 Å². The molecule has 4 nitrogen and oxygen atoms in total. The zero-order valence-corrected chi connectivity index (χ0v) is 15.5. The smallest absolute Gasteiger partial charge is 0.220 e. The summed E-state index contributed by atoms with van der Waals surface area (Å²) in [5, 5.41) is 3.06. The molecule has 25 heavy (non-hydrogen) atoms. The summed E-state index contributed by atoms with van der Waals surface area (Å²) in [5.74, 6) is 1.63. The van der Waals surface area contributed by atoms with E-state index >= 15 is 0 Å². The predicted octanol–water partition coefficient (Wildman–Crippen LogP) is 4.35. The summed E-state index contributed by atoms with van der Waals surface area (Å²) in [7, 11) is 1.63. The molecule has 0 fully saturated rings. The van der Waals surface area contributed by atoms with Crippen LogP contribution in [0.5, 0.6) is 11.5 Å². The third kappa shape index (κ3) is 5.82. The quantitative estimate of drug-likeness (QED) is 0.726. The van der Waals surface area contributed by atoms with Crippen molar-refractivity contribution in [2.24, 2.45) is 0 Å². The van der Waals surface area contributed by atoms with Crippen molar-refractivity contribution >= 4 is 5.91 Å². The lowest BCUT2D eigenvalue weighted by Crippen LogP contribution is -2.27. The van der Waals surface area contributed by atoms with Crippen LogP contribution in [0.15, 0.2) is 42.5 Å². The van der Waals surface area contributed by atoms with Gasteiger partial charge in [0.15, 0.2) is 0 Å². The molecule has 0 aliphatic rings. The largest absolute Gasteiger partial charge is 0.497 e. The van der Waals surface area contributed by atoms with Crippen LogP contribution in [-0.2, 0) is 4.79 Å². The van der Waals surface area contributed by atoms with E-state index in [1.54, 1.807) is 7.11 Å². The van der Waals surface area contributed by atoms with E-state index in [1.807, 2.05) is 31.2 Å². The summed E-state index contributed by atoms with van der Waals surface area (Å²) in [6, 6.07) is 13.7. The first-order valence-corrected chi connectivity index (χ1v) is 8.63. The minimum Gasteiger partial charge on any atom is -0.497 e. The van der Waals surface area contributed by atoms with Gasteiger partial charge in [0, 0.05) is 6.42 Å². The number of rotatable bonds is 8. The van der Waals surface area contributed by atoms with Crippen LogP contribution in [0, 0.1) is 13.8 Å². The van der Waals surface area contributed by atoms with Gasteiger partial charge < -0.3 is 14.8 Å². The summed E-state index contributed by atoms with van der Waals surface area (Å²) in [6.07, 6.45) is 1.13. The summed E-state index contributed by atoms with van der Waals surface area (Å²) < 4.78 is 10.7. The highest BCUT2D eigenvalue weighted by atomic mass is 16.5. The Morgan fingerprint density at radius 1 is 1.08 bits per heavy atom. The Hall–Kier alpha value is -2.49. The maximum Gasteiger partial charge on any atom is 0.220 e. The minimum atomic E-state index is 0.00982. The van der Waals surface area contributed by atoms with Crippen molar-refractivity contribution in [1.29, 1.82) is 0 Å². The fourth-order valence-corrected chi connectivity index (χ4v) is 2.80. The topological polar surface area (TPSA) is 47.6 Å². The normalized spacial score (nSPS) is 11.7. The van der Waals surface area contributed by atoms with Crippen LogP contribution in [0.3, 0.4) is 0 Å². The summed E-state index contributed by atoms with van der Waals surface area (Å²) in [5.41, 5.74) is 3.60. The van der Waals surface area contributed by atoms with Gasteiger partial charge in [0.2, 0.25) is 5.91 Å². The van der Waals surface area contributed by atoms with E-state index in [2.05, 4.69) is 37.4 Å². The second kappa shape index (κ2) is 9.11. The molecule has 2 aromatic carbocycles. The molecular formula is C21H27NO3. The van der Waals surface area contributed by atoms with Gasteiger partial charge in [0.25, 0.3) is 0 Å². The first-order chi connectivity index (χ1) is 12.0. The van der Waals surface area contributed by atoms with E-state index < -0.39 is 0 Å². The Morgan fingerprint density at radius 3 is 2.40 bits per heavy atom. The molecule has 0 aliphatic heterocycles. The highest BCUT2D eigenvalue weighted by Crippen LogP contribution is 2.19. The van der Waals surface area contributed by atoms with Crippen molar-refractivity contribution in [2.75, 3.05) is 13.7 Å². The summed E-state index contributed by atoms with van der Waals surface area (Å²) in [6.45, 7) is 6.68. The van der Waals surface area contributed by atoms with E-state index in [4.69, 9.17) is 9.47 Å². The van der Waals surface area contributed by atoms with Crippen molar-refractivity contribution in [3.05, 3.63) is 59.2 Å². The van der Waals surface area contributed by atoms with Crippen LogP contribution in [0.1, 0.15) is 42.5 Å². The maximum absolute atomic E-state index is 12.1. The number of hydrogen-bond acceptors (Lipinski definition) is 3. The lowest BCUT2D eigenvalue weighted by atomic mass is 10.0. The molecule has 0 heterocycles. The van der Waals surface area contributed by atoms with Gasteiger partial charge in [-0.3, -0.25) is 4.79 Å². The molecule has 1 amide bonds. The molecule has 0 radical (unpaired) electrons. The number of ether oxygens (including phenoxy) is 2. The van der Waals surface area contributed by atoms with Crippen LogP contribution in [-0.4, -0.2) is 19.6 Å². The highest BCUT2D eigenvalue weighted by molar-refractivity contribution is 5.76. The summed E-state index contributed by atoms with van der Waals surface area (Å²) in [4.78, 5) is 12.1. The van der Waals surface area contributed by atoms with Gasteiger partial charge in [0.1, 0.15) is 11.5 Å². The maximum atomic E-state index is 12.1. The third-order valence-corrected chi connectivity index (χ3v) is 4.15. The molecule has 4 heteroatoms. The lowest BCUT2D eigenvalue weighted by molar-refractivity contribution is -0.121. The van der Waals surface area contributed by atoms with Crippen molar-refractivity contribution < 1.29 is 14.3 Å². The number of methoxy groups -OCH3 is 1. The average molecular weight is 341 g/mol. The Kier molecular flexibility index (Phi) is 6.87. The van der Waals surface area contributed by atoms with Gasteiger partial charge in [0.05, 0.1) is 19.8 Å². The van der Waals surface area contributed by atoms with Crippen LogP contribution in [0.2, 0.25) is 0 Å². The molecule has 2 rings (SSSR count). The monoisotopic (exact) mass is 341 g/mol. The van der Waals surface area contributed by atoms with Gasteiger partial charge in [-0.1, -0.05) is 23.8 Å². The van der Waals surface area contributed by atoms with Gasteiger partial charge >= 0.3 is 0 Å². The average Bonchev–Trinajstić information content (AvgIpc) is 2.59. The fourth-order valence-electron chi connectivity index (χ4n) is 2.80. The molecule has 0 bridgehead atoms. The molecule has 1 N–H and O–H groups in total. The molecule has 1 atom stereocenters. The van der Waals surface area contributed by atoms with Crippen LogP contribution in [0.4, 0.5) is 0 Å². The SMILES string of the molecule is COc1ccc(OCCCC(=O)N[C@@H](C)c2ccc(C)cc2C)cc1. The zero-order valence-electron chi connectivity index (χ0n) is 15.5. The van der Waals surface area contributed by atoms with E-state index in [9.17, 15) is 4.79 Å². The molecular weight excluding hydrogens is 314 g/mol. The Labute approximate surface area is 150 Å². The minimum absolute atomic E-state index is 0.00982. The number of carbonyl (C=O) groups is 1. The molecule has 0 spiro atoms. The molecule has 0 saturated heterocycles. The number of aryl methyl sites for hydroxylation is 2. The number of benzene rings is 2. The number of amides is 1. The summed E-state index contributed by atoms with van der Waals surface area (Å²) >= 11 is 0. The number of carbonyl (C=O) groups excluding carboxylic acids is 1. The van der Waals surface area contributed by atoms with Crippen molar-refractivity contribution in [2.45, 2.75) is 39.7 Å². The van der Waals surface area contributed by atoms with Crippen molar-refractivity contribution in [3.63, 3.8) is 0 Å². The molecule has 0 aromatic heterocycles. The molecule has 0 saturated carbocycles. The van der Waals surface area contributed by atoms with E-state index in [0.29, 0.717) is 19.4 Å². The number of nitrogens with one attached hydrogen (secondary N) is 1. The van der Waals surface area contributed by atoms with E-state index in [-0.39, 0.29) is 11.9 Å². The van der Waals surface area contributed by atoms with Crippen LogP contribution in [0.25, 0.3) is 0 Å². The van der Waals surface area contributed by atoms with E-state index in [0.717, 1.165) is 17.1 Å². The standard InChI is InChI=1S/C21H27NO3/c1-15-7-12-20(16(2)14-15)17(3)22-21(23)6-5-13-25-19-10-8-18(24-4)9-11-19/h7-12,14,17H,5-6,13H2,1-4H3,(H,22,23)/t17-/m0/s1. The van der Waals surface area contributed by atoms with E-state index in [1.165, 1.54) is 11.1 Å². The van der Waals surface area contributed by atoms with Crippen LogP contribution < -0.4 is 14.8 Å². The van der Waals surface area contributed by atoms with Gasteiger partial charge in [-0.15, -0.1) is 0 Å². The Bertz CT molecular complexity index is 695.